The van der Waals surface area contributed by atoms with Crippen LogP contribution >= 0.6 is 11.6 Å². The lowest BCUT2D eigenvalue weighted by Crippen LogP contribution is -1.87. The Bertz CT molecular complexity index is 285. The first kappa shape index (κ1) is 8.70. The molecule has 11 heavy (non-hydrogen) atoms. The fourth-order valence-corrected chi connectivity index (χ4v) is 1.22. The van der Waals surface area contributed by atoms with Crippen molar-refractivity contribution >= 4 is 22.7 Å². The van der Waals surface area contributed by atoms with Gasteiger partial charge in [0.25, 0.3) is 5.22 Å². The van der Waals surface area contributed by atoms with Crippen molar-refractivity contribution in [3.05, 3.63) is 11.5 Å². The van der Waals surface area contributed by atoms with Crippen LogP contribution in [0.4, 0.5) is 0 Å². The number of aryl methyl sites for hydroxylation is 1. The molecule has 0 spiro atoms. The molecule has 1 aromatic rings. The summed E-state index contributed by atoms with van der Waals surface area (Å²) in [6, 6.07) is 0. The Hall–Kier alpha value is -0.390. The van der Waals surface area contributed by atoms with E-state index >= 15 is 0 Å². The topological polar surface area (TPSA) is 66.2 Å². The SMILES string of the molecule is Cc1nc(S(=O)[O-])oc1CCl. The van der Waals surface area contributed by atoms with Crippen molar-refractivity contribution < 1.29 is 13.2 Å². The molecule has 0 saturated heterocycles. The largest absolute Gasteiger partial charge is 0.765 e. The second-order valence-electron chi connectivity index (χ2n) is 1.86. The van der Waals surface area contributed by atoms with Crippen molar-refractivity contribution in [3.8, 4) is 0 Å². The summed E-state index contributed by atoms with van der Waals surface area (Å²) in [5.74, 6) is 0.529. The minimum atomic E-state index is -2.41. The maximum Gasteiger partial charge on any atom is 0.273 e. The van der Waals surface area contributed by atoms with E-state index in [1.54, 1.807) is 6.92 Å². The summed E-state index contributed by atoms with van der Waals surface area (Å²) in [4.78, 5) is 3.62. The second-order valence-corrected chi connectivity index (χ2v) is 2.94. The van der Waals surface area contributed by atoms with Crippen molar-refractivity contribution in [2.75, 3.05) is 0 Å². The lowest BCUT2D eigenvalue weighted by Gasteiger charge is -1.95. The Balaban J connectivity index is 3.05. The molecule has 0 aliphatic rings. The average molecular weight is 195 g/mol. The fourth-order valence-electron chi connectivity index (χ4n) is 0.597. The molecule has 0 fully saturated rings. The molecule has 0 bridgehead atoms. The first-order valence-electron chi connectivity index (χ1n) is 2.76. The molecule has 1 unspecified atom stereocenters. The van der Waals surface area contributed by atoms with Crippen molar-refractivity contribution in [2.45, 2.75) is 18.0 Å². The quantitative estimate of drug-likeness (QED) is 0.520. The number of aromatic nitrogens is 1. The van der Waals surface area contributed by atoms with Crippen LogP contribution in [0.1, 0.15) is 11.5 Å². The third kappa shape index (κ3) is 1.79. The first-order chi connectivity index (χ1) is 5.15. The summed E-state index contributed by atoms with van der Waals surface area (Å²) in [5.41, 5.74) is 0.513. The van der Waals surface area contributed by atoms with Crippen molar-refractivity contribution in [1.82, 2.24) is 4.98 Å². The summed E-state index contributed by atoms with van der Waals surface area (Å²) in [6.45, 7) is 1.64. The zero-order valence-electron chi connectivity index (χ0n) is 5.67. The lowest BCUT2D eigenvalue weighted by molar-refractivity contribution is 0.397. The van der Waals surface area contributed by atoms with Crippen LogP contribution in [0.15, 0.2) is 9.64 Å². The van der Waals surface area contributed by atoms with Crippen LogP contribution in [0.5, 0.6) is 0 Å². The first-order valence-corrected chi connectivity index (χ1v) is 4.37. The average Bonchev–Trinajstić information content (AvgIpc) is 2.31. The lowest BCUT2D eigenvalue weighted by atomic mass is 10.4. The Kier molecular flexibility index (Phi) is 2.64. The molecule has 6 heteroatoms. The normalized spacial score (nSPS) is 13.4. The highest BCUT2D eigenvalue weighted by molar-refractivity contribution is 7.78. The van der Waals surface area contributed by atoms with Gasteiger partial charge in [-0.25, -0.2) is 4.98 Å². The maximum absolute atomic E-state index is 10.3. The molecule has 1 rings (SSSR count). The van der Waals surface area contributed by atoms with Gasteiger partial charge in [0.2, 0.25) is 0 Å². The highest BCUT2D eigenvalue weighted by Crippen LogP contribution is 2.13. The number of nitrogens with zero attached hydrogens (tertiary/aromatic N) is 1. The minimum Gasteiger partial charge on any atom is -0.765 e. The van der Waals surface area contributed by atoms with Crippen LogP contribution in [0.2, 0.25) is 0 Å². The van der Waals surface area contributed by atoms with Gasteiger partial charge in [-0.05, 0) is 6.92 Å². The third-order valence-corrected chi connectivity index (χ3v) is 1.84. The van der Waals surface area contributed by atoms with Crippen LogP contribution < -0.4 is 0 Å². The molecule has 0 aromatic carbocycles. The number of hydrogen-bond acceptors (Lipinski definition) is 4. The standard InChI is InChI=1S/C5H6ClNO3S/c1-3-4(2-6)10-5(7-3)11(8)9/h2H2,1H3,(H,8,9)/p-1. The van der Waals surface area contributed by atoms with Gasteiger partial charge in [0.05, 0.1) is 11.6 Å². The third-order valence-electron chi connectivity index (χ3n) is 1.14. The van der Waals surface area contributed by atoms with Crippen LogP contribution in [0.3, 0.4) is 0 Å². The molecule has 1 aromatic heterocycles. The molecular formula is C5H5ClNO3S-. The predicted molar refractivity (Wildman–Crippen MR) is 38.0 cm³/mol. The summed E-state index contributed by atoms with van der Waals surface area (Å²) >= 11 is 3.01. The Labute approximate surface area is 70.9 Å². The molecular weight excluding hydrogens is 190 g/mol. The van der Waals surface area contributed by atoms with Gasteiger partial charge in [-0.15, -0.1) is 11.6 Å². The van der Waals surface area contributed by atoms with E-state index in [9.17, 15) is 8.76 Å². The van der Waals surface area contributed by atoms with E-state index in [0.29, 0.717) is 11.5 Å². The van der Waals surface area contributed by atoms with E-state index in [-0.39, 0.29) is 11.1 Å². The van der Waals surface area contributed by atoms with Crippen LogP contribution in [0, 0.1) is 6.92 Å². The Morgan fingerprint density at radius 2 is 2.45 bits per heavy atom. The summed E-state index contributed by atoms with van der Waals surface area (Å²) in [7, 11) is 0. The van der Waals surface area contributed by atoms with Crippen LogP contribution in [-0.2, 0) is 17.0 Å². The monoisotopic (exact) mass is 194 g/mol. The van der Waals surface area contributed by atoms with E-state index in [1.165, 1.54) is 0 Å². The zero-order valence-corrected chi connectivity index (χ0v) is 7.24. The van der Waals surface area contributed by atoms with Gasteiger partial charge in [-0.1, -0.05) is 0 Å². The van der Waals surface area contributed by atoms with Gasteiger partial charge in [0, 0.05) is 11.1 Å². The van der Waals surface area contributed by atoms with E-state index < -0.39 is 11.1 Å². The summed E-state index contributed by atoms with van der Waals surface area (Å²) in [6.07, 6.45) is 0. The number of hydrogen-bond donors (Lipinski definition) is 0. The number of oxazole rings is 1. The molecule has 0 aliphatic heterocycles. The van der Waals surface area contributed by atoms with E-state index in [4.69, 9.17) is 16.0 Å². The van der Waals surface area contributed by atoms with Gasteiger partial charge in [-0.2, -0.15) is 0 Å². The highest BCUT2D eigenvalue weighted by Gasteiger charge is 2.07. The van der Waals surface area contributed by atoms with Crippen LogP contribution in [-0.4, -0.2) is 13.7 Å². The van der Waals surface area contributed by atoms with Gasteiger partial charge >= 0.3 is 0 Å². The van der Waals surface area contributed by atoms with Gasteiger partial charge in [0.1, 0.15) is 5.76 Å². The molecule has 0 saturated carbocycles. The fraction of sp³-hybridized carbons (Fsp3) is 0.400. The molecule has 0 N–H and O–H groups in total. The van der Waals surface area contributed by atoms with Crippen molar-refractivity contribution in [3.63, 3.8) is 0 Å². The molecule has 1 heterocycles. The van der Waals surface area contributed by atoms with E-state index in [0.717, 1.165) is 0 Å². The molecule has 4 nitrogen and oxygen atoms in total. The summed E-state index contributed by atoms with van der Waals surface area (Å²) < 4.78 is 25.3. The summed E-state index contributed by atoms with van der Waals surface area (Å²) in [5, 5.41) is -0.307. The molecule has 1 atom stereocenters. The minimum absolute atomic E-state index is 0.135. The Morgan fingerprint density at radius 3 is 2.73 bits per heavy atom. The van der Waals surface area contributed by atoms with E-state index in [2.05, 4.69) is 4.98 Å². The van der Waals surface area contributed by atoms with E-state index in [1.807, 2.05) is 0 Å². The van der Waals surface area contributed by atoms with Gasteiger partial charge < -0.3 is 8.97 Å². The second kappa shape index (κ2) is 3.34. The molecule has 0 aliphatic carbocycles. The molecule has 0 amide bonds. The predicted octanol–water partition coefficient (Wildman–Crippen LogP) is 0.960. The molecule has 62 valence electrons. The van der Waals surface area contributed by atoms with Gasteiger partial charge in [0.15, 0.2) is 0 Å². The van der Waals surface area contributed by atoms with Crippen molar-refractivity contribution in [2.24, 2.45) is 0 Å². The number of halogens is 1. The van der Waals surface area contributed by atoms with Gasteiger partial charge in [-0.3, -0.25) is 4.21 Å². The zero-order chi connectivity index (χ0) is 8.43. The highest BCUT2D eigenvalue weighted by atomic mass is 35.5. The maximum atomic E-state index is 10.3. The Morgan fingerprint density at radius 1 is 1.82 bits per heavy atom. The number of rotatable bonds is 2. The number of alkyl halides is 1. The van der Waals surface area contributed by atoms with Crippen molar-refractivity contribution in [1.29, 1.82) is 0 Å². The molecule has 0 radical (unpaired) electrons. The van der Waals surface area contributed by atoms with Crippen LogP contribution in [0.25, 0.3) is 0 Å². The smallest absolute Gasteiger partial charge is 0.273 e.